The average molecular weight is 490 g/mol. The van der Waals surface area contributed by atoms with Crippen molar-refractivity contribution in [2.24, 2.45) is 0 Å². The highest BCUT2D eigenvalue weighted by Gasteiger charge is 2.23. The Hall–Kier alpha value is -3.91. The Morgan fingerprint density at radius 2 is 1.97 bits per heavy atom. The van der Waals surface area contributed by atoms with Crippen LogP contribution in [0.1, 0.15) is 57.2 Å². The smallest absolute Gasteiger partial charge is 0.164 e. The van der Waals surface area contributed by atoms with Crippen LogP contribution >= 0.6 is 0 Å². The number of nitrogens with zero attached hydrogens (tertiary/aromatic N) is 8. The molecule has 186 valence electrons. The molecule has 0 spiro atoms. The molecule has 0 aromatic carbocycles. The van der Waals surface area contributed by atoms with E-state index in [9.17, 15) is 9.50 Å². The molecule has 0 atom stereocenters. The predicted molar refractivity (Wildman–Crippen MR) is 132 cm³/mol. The lowest BCUT2D eigenvalue weighted by atomic mass is 9.94. The van der Waals surface area contributed by atoms with Crippen molar-refractivity contribution in [2.75, 3.05) is 5.32 Å². The van der Waals surface area contributed by atoms with Crippen molar-refractivity contribution in [3.8, 4) is 17.6 Å². The van der Waals surface area contributed by atoms with E-state index < -0.39 is 11.8 Å². The molecule has 4 aromatic heterocycles. The molecular formula is C25H28FN9O. The molecule has 4 heterocycles. The third kappa shape index (κ3) is 5.18. The number of pyridine rings is 2. The van der Waals surface area contributed by atoms with E-state index in [1.807, 2.05) is 12.3 Å². The Kier molecular flexibility index (Phi) is 6.36. The van der Waals surface area contributed by atoms with Crippen LogP contribution in [0.4, 0.5) is 10.1 Å². The topological polar surface area (TPSA) is 130 Å². The van der Waals surface area contributed by atoms with E-state index in [1.54, 1.807) is 41.7 Å². The Labute approximate surface area is 207 Å². The van der Waals surface area contributed by atoms with E-state index in [-0.39, 0.29) is 6.04 Å². The van der Waals surface area contributed by atoms with Crippen LogP contribution in [0.5, 0.6) is 0 Å². The average Bonchev–Trinajstić information content (AvgIpc) is 3.50. The van der Waals surface area contributed by atoms with Crippen molar-refractivity contribution < 1.29 is 9.50 Å². The second kappa shape index (κ2) is 9.62. The van der Waals surface area contributed by atoms with Crippen LogP contribution in [0.3, 0.4) is 0 Å². The second-order valence-electron chi connectivity index (χ2n) is 9.92. The summed E-state index contributed by atoms with van der Waals surface area (Å²) in [6.45, 7) is 3.53. The van der Waals surface area contributed by atoms with Gasteiger partial charge >= 0.3 is 0 Å². The first-order valence-corrected chi connectivity index (χ1v) is 12.1. The van der Waals surface area contributed by atoms with Crippen LogP contribution < -0.4 is 5.32 Å². The fraction of sp³-hybridized carbons (Fsp3) is 0.440. The summed E-state index contributed by atoms with van der Waals surface area (Å²) in [5.41, 5.74) is 2.51. The van der Waals surface area contributed by atoms with Crippen LogP contribution in [0, 0.1) is 11.3 Å². The van der Waals surface area contributed by atoms with Crippen LogP contribution in [0.2, 0.25) is 0 Å². The number of nitrogens with one attached hydrogen (secondary N) is 1. The lowest BCUT2D eigenvalue weighted by Gasteiger charge is -2.27. The van der Waals surface area contributed by atoms with Gasteiger partial charge in [0.1, 0.15) is 17.9 Å². The molecular weight excluding hydrogens is 461 g/mol. The maximum absolute atomic E-state index is 13.7. The monoisotopic (exact) mass is 489 g/mol. The molecule has 11 heteroatoms. The summed E-state index contributed by atoms with van der Waals surface area (Å²) >= 11 is 0. The highest BCUT2D eigenvalue weighted by molar-refractivity contribution is 5.77. The van der Waals surface area contributed by atoms with Gasteiger partial charge in [-0.1, -0.05) is 5.21 Å². The Balaban J connectivity index is 1.50. The lowest BCUT2D eigenvalue weighted by Crippen LogP contribution is -2.27. The third-order valence-corrected chi connectivity index (χ3v) is 6.42. The summed E-state index contributed by atoms with van der Waals surface area (Å²) in [6.07, 6.45) is 9.63. The highest BCUT2D eigenvalue weighted by atomic mass is 19.1. The van der Waals surface area contributed by atoms with E-state index in [0.717, 1.165) is 29.6 Å². The van der Waals surface area contributed by atoms with Crippen LogP contribution in [-0.2, 0) is 6.42 Å². The zero-order chi connectivity index (χ0) is 25.3. The van der Waals surface area contributed by atoms with Crippen LogP contribution in [-0.4, -0.2) is 57.7 Å². The normalized spacial score (nSPS) is 18.3. The van der Waals surface area contributed by atoms with E-state index >= 15 is 0 Å². The Morgan fingerprint density at radius 1 is 1.17 bits per heavy atom. The van der Waals surface area contributed by atoms with Crippen LogP contribution in [0.15, 0.2) is 36.9 Å². The molecule has 0 bridgehead atoms. The van der Waals surface area contributed by atoms with Crippen molar-refractivity contribution in [3.05, 3.63) is 48.2 Å². The second-order valence-corrected chi connectivity index (χ2v) is 9.92. The van der Waals surface area contributed by atoms with Gasteiger partial charge in [0.05, 0.1) is 41.1 Å². The number of aryl methyl sites for hydroxylation is 1. The van der Waals surface area contributed by atoms with Crippen molar-refractivity contribution in [1.29, 1.82) is 5.26 Å². The first kappa shape index (κ1) is 23.8. The minimum Gasteiger partial charge on any atom is -0.390 e. The number of rotatable bonds is 7. The van der Waals surface area contributed by atoms with Gasteiger partial charge in [-0.25, -0.2) is 19.0 Å². The number of aliphatic hydroxyl groups is 1. The van der Waals surface area contributed by atoms with Gasteiger partial charge in [0.15, 0.2) is 11.5 Å². The number of aromatic nitrogens is 7. The Morgan fingerprint density at radius 3 is 2.72 bits per heavy atom. The predicted octanol–water partition coefficient (Wildman–Crippen LogP) is 3.66. The van der Waals surface area contributed by atoms with Gasteiger partial charge in [0.2, 0.25) is 0 Å². The first-order chi connectivity index (χ1) is 17.3. The van der Waals surface area contributed by atoms with E-state index in [1.165, 1.54) is 6.20 Å². The molecule has 0 amide bonds. The van der Waals surface area contributed by atoms with Gasteiger partial charge < -0.3 is 10.4 Å². The van der Waals surface area contributed by atoms with E-state index in [4.69, 9.17) is 5.26 Å². The molecule has 1 aliphatic carbocycles. The van der Waals surface area contributed by atoms with Crippen molar-refractivity contribution in [2.45, 2.75) is 70.2 Å². The molecule has 0 radical (unpaired) electrons. The SMILES string of the molecule is CC(C)(O)CCc1cn(-c2cnc(-n3ncc4cc(C#N)cnc43)cc2N[C@H]2CC[C@@H](F)CC2)nn1. The molecule has 2 N–H and O–H groups in total. The number of halogens is 1. The maximum atomic E-state index is 13.7. The standard InChI is InChI=1S/C25H28FN9O/c1-25(2,36)8-7-20-15-34(33-32-20)22-14-28-23(10-21(22)31-19-5-3-18(26)4-6-19)35-24-17(13-30-35)9-16(11-27)12-29-24/h9-10,12-15,18-19,36H,3-8H2,1-2H3,(H,28,31)/t18-,19+. The van der Waals surface area contributed by atoms with Gasteiger partial charge in [-0.2, -0.15) is 15.0 Å². The van der Waals surface area contributed by atoms with Gasteiger partial charge in [-0.05, 0) is 58.4 Å². The summed E-state index contributed by atoms with van der Waals surface area (Å²) in [7, 11) is 0. The fourth-order valence-corrected chi connectivity index (χ4v) is 4.38. The molecule has 0 saturated heterocycles. The molecule has 4 aromatic rings. The molecule has 0 aliphatic heterocycles. The lowest BCUT2D eigenvalue weighted by molar-refractivity contribution is 0.0711. The minimum absolute atomic E-state index is 0.120. The molecule has 5 rings (SSSR count). The molecule has 1 saturated carbocycles. The number of hydrogen-bond acceptors (Lipinski definition) is 8. The Bertz CT molecular complexity index is 1410. The van der Waals surface area contributed by atoms with E-state index in [2.05, 4.69) is 36.8 Å². The summed E-state index contributed by atoms with van der Waals surface area (Å²) in [6, 6.07) is 5.82. The zero-order valence-corrected chi connectivity index (χ0v) is 20.3. The summed E-state index contributed by atoms with van der Waals surface area (Å²) in [4.78, 5) is 9.01. The van der Waals surface area contributed by atoms with Crippen molar-refractivity contribution in [3.63, 3.8) is 0 Å². The van der Waals surface area contributed by atoms with Gasteiger partial charge in [0.25, 0.3) is 0 Å². The molecule has 1 fully saturated rings. The maximum Gasteiger partial charge on any atom is 0.164 e. The molecule has 1 aliphatic rings. The van der Waals surface area contributed by atoms with Crippen molar-refractivity contribution >= 4 is 16.7 Å². The van der Waals surface area contributed by atoms with Gasteiger partial charge in [-0.3, -0.25) is 0 Å². The number of fused-ring (bicyclic) bond motifs is 1. The third-order valence-electron chi connectivity index (χ3n) is 6.42. The van der Waals surface area contributed by atoms with Gasteiger partial charge in [-0.15, -0.1) is 5.10 Å². The van der Waals surface area contributed by atoms with Crippen molar-refractivity contribution in [1.82, 2.24) is 34.7 Å². The van der Waals surface area contributed by atoms with Crippen LogP contribution in [0.25, 0.3) is 22.5 Å². The first-order valence-electron chi connectivity index (χ1n) is 12.1. The molecule has 36 heavy (non-hydrogen) atoms. The number of nitriles is 1. The quantitative estimate of drug-likeness (QED) is 0.402. The fourth-order valence-electron chi connectivity index (χ4n) is 4.38. The largest absolute Gasteiger partial charge is 0.390 e. The molecule has 10 nitrogen and oxygen atoms in total. The van der Waals surface area contributed by atoms with E-state index in [0.29, 0.717) is 48.4 Å². The van der Waals surface area contributed by atoms with Gasteiger partial charge in [0, 0.05) is 23.7 Å². The summed E-state index contributed by atoms with van der Waals surface area (Å²) < 4.78 is 17.0. The minimum atomic E-state index is -0.788. The zero-order valence-electron chi connectivity index (χ0n) is 20.3. The summed E-state index contributed by atoms with van der Waals surface area (Å²) in [5.74, 6) is 0.551. The number of hydrogen-bond donors (Lipinski definition) is 2. The molecule has 0 unspecified atom stereocenters. The number of alkyl halides is 1. The number of anilines is 1. The summed E-state index contributed by atoms with van der Waals surface area (Å²) in [5, 5.41) is 36.5. The highest BCUT2D eigenvalue weighted by Crippen LogP contribution is 2.29.